The number of fused-ring (bicyclic) bond motifs is 1. The molecule has 8 heteroatoms. The number of anilines is 1. The molecular weight excluding hydrogens is 401 g/mol. The van der Waals surface area contributed by atoms with Crippen LogP contribution in [0.15, 0.2) is 40.8 Å². The van der Waals surface area contributed by atoms with Gasteiger partial charge in [-0.15, -0.1) is 0 Å². The monoisotopic (exact) mass is 417 g/mol. The summed E-state index contributed by atoms with van der Waals surface area (Å²) < 4.78 is 5.45. The molecule has 1 N–H and O–H groups in total. The number of nitrogens with one attached hydrogen (secondary N) is 1. The number of amides is 2. The minimum atomic E-state index is -0.545. The summed E-state index contributed by atoms with van der Waals surface area (Å²) in [6.07, 6.45) is 1.36. The Morgan fingerprint density at radius 3 is 2.79 bits per heavy atom. The zero-order valence-electron chi connectivity index (χ0n) is 15.0. The number of rotatable bonds is 3. The van der Waals surface area contributed by atoms with Crippen LogP contribution in [0, 0.1) is 6.92 Å². The number of aromatic nitrogens is 1. The molecule has 0 aliphatic carbocycles. The number of aryl methyl sites for hydroxylation is 1. The van der Waals surface area contributed by atoms with Gasteiger partial charge in [-0.1, -0.05) is 23.2 Å². The molecule has 28 heavy (non-hydrogen) atoms. The number of nitrogens with zero attached hydrogens (tertiary/aromatic N) is 2. The highest BCUT2D eigenvalue weighted by atomic mass is 35.5. The number of carbonyl (C=O) groups is 2. The Balaban J connectivity index is 1.52. The van der Waals surface area contributed by atoms with Crippen LogP contribution >= 0.6 is 23.2 Å². The van der Waals surface area contributed by atoms with E-state index in [1.807, 2.05) is 0 Å². The van der Waals surface area contributed by atoms with Gasteiger partial charge in [0.2, 0.25) is 5.91 Å². The van der Waals surface area contributed by atoms with Gasteiger partial charge in [0.15, 0.2) is 11.5 Å². The van der Waals surface area contributed by atoms with Crippen LogP contribution in [0.5, 0.6) is 0 Å². The molecule has 2 heterocycles. The van der Waals surface area contributed by atoms with Crippen LogP contribution in [0.1, 0.15) is 29.1 Å². The zero-order valence-corrected chi connectivity index (χ0v) is 16.5. The fraction of sp³-hybridized carbons (Fsp3) is 0.250. The van der Waals surface area contributed by atoms with Crippen molar-refractivity contribution in [2.75, 3.05) is 11.9 Å². The molecule has 4 rings (SSSR count). The Bertz CT molecular complexity index is 1080. The van der Waals surface area contributed by atoms with Crippen LogP contribution < -0.4 is 5.32 Å². The van der Waals surface area contributed by atoms with E-state index < -0.39 is 6.04 Å². The number of hydrogen-bond donors (Lipinski definition) is 1. The second-order valence-electron chi connectivity index (χ2n) is 6.69. The molecule has 1 fully saturated rings. The molecule has 1 atom stereocenters. The maximum absolute atomic E-state index is 12.9. The van der Waals surface area contributed by atoms with Crippen LogP contribution in [0.2, 0.25) is 10.0 Å². The Morgan fingerprint density at radius 1 is 1.18 bits per heavy atom. The van der Waals surface area contributed by atoms with Gasteiger partial charge in [0.25, 0.3) is 5.91 Å². The third-order valence-electron chi connectivity index (χ3n) is 4.74. The van der Waals surface area contributed by atoms with Crippen molar-refractivity contribution >= 4 is 51.8 Å². The van der Waals surface area contributed by atoms with Crippen molar-refractivity contribution in [2.45, 2.75) is 25.8 Å². The first-order valence-corrected chi connectivity index (χ1v) is 9.62. The minimum absolute atomic E-state index is 0.231. The van der Waals surface area contributed by atoms with Gasteiger partial charge in [-0.2, -0.15) is 0 Å². The Morgan fingerprint density at radius 2 is 2.00 bits per heavy atom. The van der Waals surface area contributed by atoms with Crippen LogP contribution in [0.3, 0.4) is 0 Å². The predicted octanol–water partition coefficient (Wildman–Crippen LogP) is 4.69. The van der Waals surface area contributed by atoms with Gasteiger partial charge < -0.3 is 14.6 Å². The smallest absolute Gasteiger partial charge is 0.254 e. The number of likely N-dealkylation sites (tertiary alicyclic amines) is 1. The molecular formula is C20H17Cl2N3O3. The summed E-state index contributed by atoms with van der Waals surface area (Å²) in [5.41, 5.74) is 2.35. The van der Waals surface area contributed by atoms with Gasteiger partial charge in [0.05, 0.1) is 10.0 Å². The Hall–Kier alpha value is -2.57. The zero-order chi connectivity index (χ0) is 19.8. The Kier molecular flexibility index (Phi) is 5.00. The van der Waals surface area contributed by atoms with E-state index in [1.165, 1.54) is 6.07 Å². The van der Waals surface area contributed by atoms with Gasteiger partial charge in [0.1, 0.15) is 11.6 Å². The van der Waals surface area contributed by atoms with Crippen molar-refractivity contribution in [1.29, 1.82) is 0 Å². The van der Waals surface area contributed by atoms with E-state index in [1.54, 1.807) is 42.2 Å². The molecule has 144 valence electrons. The third-order valence-corrected chi connectivity index (χ3v) is 5.48. The van der Waals surface area contributed by atoms with Gasteiger partial charge in [-0.3, -0.25) is 9.59 Å². The van der Waals surface area contributed by atoms with Crippen molar-refractivity contribution < 1.29 is 14.0 Å². The van der Waals surface area contributed by atoms with Crippen LogP contribution in [0.4, 0.5) is 5.69 Å². The molecule has 2 aromatic carbocycles. The van der Waals surface area contributed by atoms with E-state index in [0.29, 0.717) is 51.3 Å². The van der Waals surface area contributed by atoms with Crippen molar-refractivity contribution in [1.82, 2.24) is 9.88 Å². The van der Waals surface area contributed by atoms with Gasteiger partial charge in [0, 0.05) is 24.7 Å². The number of hydrogen-bond acceptors (Lipinski definition) is 4. The first kappa shape index (κ1) is 18.8. The van der Waals surface area contributed by atoms with E-state index >= 15 is 0 Å². The van der Waals surface area contributed by atoms with E-state index in [0.717, 1.165) is 6.42 Å². The minimum Gasteiger partial charge on any atom is -0.441 e. The first-order chi connectivity index (χ1) is 13.4. The molecule has 3 aromatic rings. The SMILES string of the molecule is Cc1nc2cc(NC(=O)[C@@H]3CCCN3C(=O)c3ccc(Cl)c(Cl)c3)ccc2o1. The van der Waals surface area contributed by atoms with Crippen molar-refractivity contribution in [3.8, 4) is 0 Å². The summed E-state index contributed by atoms with van der Waals surface area (Å²) >= 11 is 11.9. The highest BCUT2D eigenvalue weighted by molar-refractivity contribution is 6.42. The van der Waals surface area contributed by atoms with E-state index in [2.05, 4.69) is 10.3 Å². The van der Waals surface area contributed by atoms with E-state index in [4.69, 9.17) is 27.6 Å². The van der Waals surface area contributed by atoms with Crippen LogP contribution in [-0.2, 0) is 4.79 Å². The molecule has 0 radical (unpaired) electrons. The molecule has 0 saturated carbocycles. The summed E-state index contributed by atoms with van der Waals surface area (Å²) in [7, 11) is 0. The fourth-order valence-corrected chi connectivity index (χ4v) is 3.72. The summed E-state index contributed by atoms with van der Waals surface area (Å²) in [5.74, 6) is 0.0944. The lowest BCUT2D eigenvalue weighted by atomic mass is 10.1. The number of halogens is 2. The maximum atomic E-state index is 12.9. The number of benzene rings is 2. The van der Waals surface area contributed by atoms with Crippen LogP contribution in [0.25, 0.3) is 11.1 Å². The summed E-state index contributed by atoms with van der Waals surface area (Å²) in [5, 5.41) is 3.57. The number of carbonyl (C=O) groups excluding carboxylic acids is 2. The van der Waals surface area contributed by atoms with Gasteiger partial charge in [-0.25, -0.2) is 4.98 Å². The normalized spacial score (nSPS) is 16.5. The molecule has 0 unspecified atom stereocenters. The van der Waals surface area contributed by atoms with E-state index in [9.17, 15) is 9.59 Å². The van der Waals surface area contributed by atoms with Crippen molar-refractivity contribution in [3.63, 3.8) is 0 Å². The first-order valence-electron chi connectivity index (χ1n) is 8.86. The van der Waals surface area contributed by atoms with Gasteiger partial charge in [-0.05, 0) is 49.2 Å². The molecule has 1 saturated heterocycles. The average molecular weight is 418 g/mol. The topological polar surface area (TPSA) is 75.4 Å². The molecule has 1 aliphatic heterocycles. The van der Waals surface area contributed by atoms with Crippen LogP contribution in [-0.4, -0.2) is 34.3 Å². The fourth-order valence-electron chi connectivity index (χ4n) is 3.42. The quantitative estimate of drug-likeness (QED) is 0.670. The molecule has 1 aliphatic rings. The second kappa shape index (κ2) is 7.45. The van der Waals surface area contributed by atoms with E-state index in [-0.39, 0.29) is 11.8 Å². The second-order valence-corrected chi connectivity index (χ2v) is 7.50. The lowest BCUT2D eigenvalue weighted by molar-refractivity contribution is -0.119. The lowest BCUT2D eigenvalue weighted by Crippen LogP contribution is -2.43. The third kappa shape index (κ3) is 3.57. The maximum Gasteiger partial charge on any atom is 0.254 e. The molecule has 0 bridgehead atoms. The Labute approximate surface area is 171 Å². The average Bonchev–Trinajstić information content (AvgIpc) is 3.28. The highest BCUT2D eigenvalue weighted by Crippen LogP contribution is 2.27. The van der Waals surface area contributed by atoms with Gasteiger partial charge >= 0.3 is 0 Å². The molecule has 2 amide bonds. The summed E-state index contributed by atoms with van der Waals surface area (Å²) in [6, 6.07) is 9.45. The standard InChI is InChI=1S/C20H17Cl2N3O3/c1-11-23-16-10-13(5-7-18(16)28-11)24-19(26)17-3-2-8-25(17)20(27)12-4-6-14(21)15(22)9-12/h4-7,9-10,17H,2-3,8H2,1H3,(H,24,26)/t17-/m0/s1. The van der Waals surface area contributed by atoms with Crippen molar-refractivity contribution in [3.05, 3.63) is 57.9 Å². The lowest BCUT2D eigenvalue weighted by Gasteiger charge is -2.24. The summed E-state index contributed by atoms with van der Waals surface area (Å²) in [6.45, 7) is 2.28. The summed E-state index contributed by atoms with van der Waals surface area (Å²) in [4.78, 5) is 31.6. The highest BCUT2D eigenvalue weighted by Gasteiger charge is 2.34. The molecule has 1 aromatic heterocycles. The largest absolute Gasteiger partial charge is 0.441 e. The predicted molar refractivity (Wildman–Crippen MR) is 108 cm³/mol. The molecule has 6 nitrogen and oxygen atoms in total. The van der Waals surface area contributed by atoms with Crippen molar-refractivity contribution in [2.24, 2.45) is 0 Å². The number of oxazole rings is 1. The molecule has 0 spiro atoms.